The normalized spacial score (nSPS) is 12.2. The average Bonchev–Trinajstić information content (AvgIpc) is 2.37. The number of rotatable bonds is 7. The van der Waals surface area contributed by atoms with Gasteiger partial charge in [0.1, 0.15) is 5.75 Å². The Balaban J connectivity index is 2.55. The molecule has 1 aromatic carbocycles. The number of benzene rings is 1. The van der Waals surface area contributed by atoms with Crippen LogP contribution in [0.2, 0.25) is 0 Å². The molecule has 0 saturated heterocycles. The van der Waals surface area contributed by atoms with Gasteiger partial charge in [-0.05, 0) is 31.4 Å². The molecule has 0 aliphatic rings. The Morgan fingerprint density at radius 1 is 1.25 bits per heavy atom. The first-order chi connectivity index (χ1) is 9.42. The van der Waals surface area contributed by atoms with E-state index < -0.39 is 0 Å². The van der Waals surface area contributed by atoms with Gasteiger partial charge in [0.2, 0.25) is 0 Å². The van der Waals surface area contributed by atoms with Gasteiger partial charge >= 0.3 is 0 Å². The molecule has 1 rings (SSSR count). The number of anilines is 1. The Labute approximate surface area is 121 Å². The molecule has 0 saturated carbocycles. The van der Waals surface area contributed by atoms with Crippen molar-refractivity contribution in [3.05, 3.63) is 23.8 Å². The van der Waals surface area contributed by atoms with Gasteiger partial charge in [-0.15, -0.1) is 0 Å². The Morgan fingerprint density at radius 3 is 2.55 bits per heavy atom. The van der Waals surface area contributed by atoms with E-state index in [2.05, 4.69) is 19.2 Å². The third kappa shape index (κ3) is 5.51. The molecule has 0 spiro atoms. The first-order valence-electron chi connectivity index (χ1n) is 7.17. The van der Waals surface area contributed by atoms with Crippen molar-refractivity contribution in [2.45, 2.75) is 46.1 Å². The molecule has 0 bridgehead atoms. The van der Waals surface area contributed by atoms with Crippen molar-refractivity contribution in [3.63, 3.8) is 0 Å². The van der Waals surface area contributed by atoms with E-state index in [0.717, 1.165) is 12.8 Å². The summed E-state index contributed by atoms with van der Waals surface area (Å²) in [5.41, 5.74) is 6.83. The molecule has 0 radical (unpaired) electrons. The molecule has 3 N–H and O–H groups in total. The van der Waals surface area contributed by atoms with Crippen LogP contribution in [0.1, 0.15) is 50.4 Å². The van der Waals surface area contributed by atoms with Gasteiger partial charge in [0.05, 0.1) is 7.11 Å². The predicted molar refractivity (Wildman–Crippen MR) is 83.0 cm³/mol. The van der Waals surface area contributed by atoms with E-state index in [1.807, 2.05) is 6.92 Å². The van der Waals surface area contributed by atoms with Gasteiger partial charge in [0.15, 0.2) is 0 Å². The lowest BCUT2D eigenvalue weighted by Crippen LogP contribution is -2.32. The van der Waals surface area contributed by atoms with Crippen LogP contribution in [-0.2, 0) is 0 Å². The molecule has 0 fully saturated rings. The molecule has 4 heteroatoms. The number of methoxy groups -OCH3 is 1. The standard InChI is InChI=1S/C16H26N2O2/c1-11(2)6-5-7-12(3)18-16(19)13-8-14(17)10-15(9-13)20-4/h8-12H,5-7,17H2,1-4H3,(H,18,19). The molecule has 1 aromatic rings. The molecule has 1 unspecified atom stereocenters. The van der Waals surface area contributed by atoms with Gasteiger partial charge in [-0.3, -0.25) is 4.79 Å². The lowest BCUT2D eigenvalue weighted by Gasteiger charge is -2.15. The van der Waals surface area contributed by atoms with E-state index in [4.69, 9.17) is 10.5 Å². The second-order valence-corrected chi connectivity index (χ2v) is 5.69. The highest BCUT2D eigenvalue weighted by molar-refractivity contribution is 5.95. The summed E-state index contributed by atoms with van der Waals surface area (Å²) in [5, 5.41) is 3.00. The van der Waals surface area contributed by atoms with Gasteiger partial charge in [-0.2, -0.15) is 0 Å². The van der Waals surface area contributed by atoms with E-state index in [1.54, 1.807) is 25.3 Å². The van der Waals surface area contributed by atoms with Crippen LogP contribution in [0.4, 0.5) is 5.69 Å². The average molecular weight is 278 g/mol. The van der Waals surface area contributed by atoms with Crippen molar-refractivity contribution in [1.82, 2.24) is 5.32 Å². The van der Waals surface area contributed by atoms with Crippen molar-refractivity contribution in [1.29, 1.82) is 0 Å². The van der Waals surface area contributed by atoms with Gasteiger partial charge in [0.25, 0.3) is 5.91 Å². The Kier molecular flexibility index (Phi) is 6.36. The number of hydrogen-bond donors (Lipinski definition) is 2. The van der Waals surface area contributed by atoms with E-state index in [1.165, 1.54) is 6.42 Å². The maximum absolute atomic E-state index is 12.2. The van der Waals surface area contributed by atoms with Crippen molar-refractivity contribution in [3.8, 4) is 5.75 Å². The fraction of sp³-hybridized carbons (Fsp3) is 0.562. The summed E-state index contributed by atoms with van der Waals surface area (Å²) in [6, 6.07) is 5.22. The molecule has 112 valence electrons. The van der Waals surface area contributed by atoms with Crippen LogP contribution in [0.5, 0.6) is 5.75 Å². The van der Waals surface area contributed by atoms with Crippen LogP contribution in [0, 0.1) is 5.92 Å². The maximum atomic E-state index is 12.2. The maximum Gasteiger partial charge on any atom is 0.251 e. The number of carbonyl (C=O) groups excluding carboxylic acids is 1. The first kappa shape index (κ1) is 16.3. The van der Waals surface area contributed by atoms with E-state index in [0.29, 0.717) is 22.9 Å². The summed E-state index contributed by atoms with van der Waals surface area (Å²) < 4.78 is 5.12. The summed E-state index contributed by atoms with van der Waals surface area (Å²) in [7, 11) is 1.56. The molecule has 0 aliphatic heterocycles. The highest BCUT2D eigenvalue weighted by Crippen LogP contribution is 2.18. The van der Waals surface area contributed by atoms with Crippen LogP contribution in [-0.4, -0.2) is 19.1 Å². The highest BCUT2D eigenvalue weighted by atomic mass is 16.5. The van der Waals surface area contributed by atoms with Crippen molar-refractivity contribution >= 4 is 11.6 Å². The molecular weight excluding hydrogens is 252 g/mol. The van der Waals surface area contributed by atoms with Crippen LogP contribution < -0.4 is 15.8 Å². The minimum absolute atomic E-state index is 0.104. The zero-order valence-corrected chi connectivity index (χ0v) is 12.9. The number of nitrogens with two attached hydrogens (primary N) is 1. The number of nitrogens with one attached hydrogen (secondary N) is 1. The lowest BCUT2D eigenvalue weighted by atomic mass is 10.0. The highest BCUT2D eigenvalue weighted by Gasteiger charge is 2.11. The predicted octanol–water partition coefficient (Wildman–Crippen LogP) is 3.22. The lowest BCUT2D eigenvalue weighted by molar-refractivity contribution is 0.0937. The number of carbonyl (C=O) groups is 1. The quantitative estimate of drug-likeness (QED) is 0.753. The van der Waals surface area contributed by atoms with Crippen LogP contribution >= 0.6 is 0 Å². The monoisotopic (exact) mass is 278 g/mol. The Hall–Kier alpha value is -1.71. The third-order valence-corrected chi connectivity index (χ3v) is 3.22. The number of hydrogen-bond acceptors (Lipinski definition) is 3. The molecule has 0 heterocycles. The van der Waals surface area contributed by atoms with E-state index in [-0.39, 0.29) is 11.9 Å². The number of nitrogen functional groups attached to an aromatic ring is 1. The second-order valence-electron chi connectivity index (χ2n) is 5.69. The number of amides is 1. The minimum atomic E-state index is -0.104. The SMILES string of the molecule is COc1cc(N)cc(C(=O)NC(C)CCCC(C)C)c1. The smallest absolute Gasteiger partial charge is 0.251 e. The van der Waals surface area contributed by atoms with Crippen LogP contribution in [0.15, 0.2) is 18.2 Å². The Morgan fingerprint density at radius 2 is 1.95 bits per heavy atom. The summed E-state index contributed by atoms with van der Waals surface area (Å²) in [4.78, 5) is 12.2. The molecular formula is C16H26N2O2. The van der Waals surface area contributed by atoms with E-state index in [9.17, 15) is 4.79 Å². The first-order valence-corrected chi connectivity index (χ1v) is 7.17. The number of ether oxygens (including phenoxy) is 1. The van der Waals surface area contributed by atoms with E-state index >= 15 is 0 Å². The summed E-state index contributed by atoms with van der Waals surface area (Å²) >= 11 is 0. The second kappa shape index (κ2) is 7.78. The third-order valence-electron chi connectivity index (χ3n) is 3.22. The van der Waals surface area contributed by atoms with Gasteiger partial charge in [-0.1, -0.05) is 26.7 Å². The van der Waals surface area contributed by atoms with Crippen molar-refractivity contribution in [2.75, 3.05) is 12.8 Å². The van der Waals surface area contributed by atoms with Crippen LogP contribution in [0.25, 0.3) is 0 Å². The van der Waals surface area contributed by atoms with Crippen LogP contribution in [0.3, 0.4) is 0 Å². The molecule has 0 aromatic heterocycles. The summed E-state index contributed by atoms with van der Waals surface area (Å²) in [6.45, 7) is 6.45. The van der Waals surface area contributed by atoms with Gasteiger partial charge < -0.3 is 15.8 Å². The zero-order chi connectivity index (χ0) is 15.1. The van der Waals surface area contributed by atoms with Crippen molar-refractivity contribution in [2.24, 2.45) is 5.92 Å². The molecule has 1 amide bonds. The fourth-order valence-electron chi connectivity index (χ4n) is 2.08. The minimum Gasteiger partial charge on any atom is -0.497 e. The molecule has 4 nitrogen and oxygen atoms in total. The topological polar surface area (TPSA) is 64.3 Å². The summed E-state index contributed by atoms with van der Waals surface area (Å²) in [5.74, 6) is 1.20. The van der Waals surface area contributed by atoms with Crippen molar-refractivity contribution < 1.29 is 9.53 Å². The zero-order valence-electron chi connectivity index (χ0n) is 12.9. The van der Waals surface area contributed by atoms with Gasteiger partial charge in [0, 0.05) is 23.4 Å². The molecule has 1 atom stereocenters. The van der Waals surface area contributed by atoms with Gasteiger partial charge in [-0.25, -0.2) is 0 Å². The summed E-state index contributed by atoms with van der Waals surface area (Å²) in [6.07, 6.45) is 3.30. The largest absolute Gasteiger partial charge is 0.497 e. The Bertz CT molecular complexity index is 444. The molecule has 20 heavy (non-hydrogen) atoms. The fourth-order valence-corrected chi connectivity index (χ4v) is 2.08. The molecule has 0 aliphatic carbocycles.